The van der Waals surface area contributed by atoms with Gasteiger partial charge < -0.3 is 15.0 Å². The van der Waals surface area contributed by atoms with Gasteiger partial charge in [-0.05, 0) is 24.8 Å². The number of amides is 2. The van der Waals surface area contributed by atoms with E-state index in [1.165, 1.54) is 0 Å². The zero-order valence-electron chi connectivity index (χ0n) is 15.4. The van der Waals surface area contributed by atoms with Gasteiger partial charge in [0.15, 0.2) is 6.61 Å². The smallest absolute Gasteiger partial charge is 0.260 e. The summed E-state index contributed by atoms with van der Waals surface area (Å²) in [5.41, 5.74) is 1.83. The largest absolute Gasteiger partial charge is 0.483 e. The molecule has 2 aliphatic heterocycles. The molecule has 1 aromatic carbocycles. The zero-order valence-corrected chi connectivity index (χ0v) is 15.4. The van der Waals surface area contributed by atoms with E-state index in [9.17, 15) is 9.59 Å². The summed E-state index contributed by atoms with van der Waals surface area (Å²) in [5, 5.41) is 9.66. The van der Waals surface area contributed by atoms with Gasteiger partial charge in [-0.15, -0.1) is 0 Å². The number of ether oxygens (including phenoxy) is 1. The summed E-state index contributed by atoms with van der Waals surface area (Å²) < 4.78 is 5.91. The number of hydrogen-bond donors (Lipinski definition) is 2. The molecule has 2 aliphatic rings. The van der Waals surface area contributed by atoms with E-state index in [4.69, 9.17) is 4.74 Å². The number of hydrogen-bond acceptors (Lipinski definition) is 4. The van der Waals surface area contributed by atoms with Crippen LogP contribution in [0.1, 0.15) is 43.2 Å². The molecule has 2 amide bonds. The zero-order chi connectivity index (χ0) is 18.8. The molecular formula is C20H24N4O3. The van der Waals surface area contributed by atoms with Crippen molar-refractivity contribution in [3.8, 4) is 5.75 Å². The van der Waals surface area contributed by atoms with E-state index in [1.54, 1.807) is 6.20 Å². The fourth-order valence-corrected chi connectivity index (χ4v) is 3.81. The van der Waals surface area contributed by atoms with E-state index in [0.29, 0.717) is 23.9 Å². The Kier molecular flexibility index (Phi) is 4.83. The number of carbonyl (C=O) groups is 2. The molecule has 1 saturated heterocycles. The number of fused-ring (bicyclic) bond motifs is 1. The van der Waals surface area contributed by atoms with Crippen LogP contribution in [0.15, 0.2) is 30.5 Å². The first-order valence-corrected chi connectivity index (χ1v) is 9.44. The van der Waals surface area contributed by atoms with E-state index in [1.807, 2.05) is 29.2 Å². The summed E-state index contributed by atoms with van der Waals surface area (Å²) in [7, 11) is 0. The quantitative estimate of drug-likeness (QED) is 0.868. The van der Waals surface area contributed by atoms with Crippen molar-refractivity contribution >= 4 is 17.6 Å². The second-order valence-corrected chi connectivity index (χ2v) is 7.40. The summed E-state index contributed by atoms with van der Waals surface area (Å²) in [6.07, 6.45) is 4.15. The summed E-state index contributed by atoms with van der Waals surface area (Å²) in [6.45, 7) is 3.83. The van der Waals surface area contributed by atoms with Crippen LogP contribution in [0.2, 0.25) is 0 Å². The third-order valence-electron chi connectivity index (χ3n) is 5.48. The van der Waals surface area contributed by atoms with Gasteiger partial charge in [-0.2, -0.15) is 5.10 Å². The molecule has 4 rings (SSSR count). The molecule has 1 fully saturated rings. The Morgan fingerprint density at radius 3 is 2.85 bits per heavy atom. The van der Waals surface area contributed by atoms with Crippen molar-refractivity contribution in [2.45, 2.75) is 32.1 Å². The summed E-state index contributed by atoms with van der Waals surface area (Å²) in [4.78, 5) is 26.4. The third-order valence-corrected chi connectivity index (χ3v) is 5.48. The summed E-state index contributed by atoms with van der Waals surface area (Å²) in [5.74, 6) is 1.76. The maximum atomic E-state index is 12.5. The Balaban J connectivity index is 1.49. The minimum atomic E-state index is -0.144. The van der Waals surface area contributed by atoms with Gasteiger partial charge in [0, 0.05) is 36.6 Å². The molecule has 7 heteroatoms. The highest BCUT2D eigenvalue weighted by atomic mass is 16.5. The molecule has 0 saturated carbocycles. The Labute approximate surface area is 158 Å². The van der Waals surface area contributed by atoms with Crippen LogP contribution in [0.4, 0.5) is 5.82 Å². The first kappa shape index (κ1) is 17.6. The average Bonchev–Trinajstić information content (AvgIpc) is 3.14. The number of piperidine rings is 1. The van der Waals surface area contributed by atoms with E-state index in [2.05, 4.69) is 22.4 Å². The highest BCUT2D eigenvalue weighted by molar-refractivity contribution is 5.94. The van der Waals surface area contributed by atoms with Gasteiger partial charge >= 0.3 is 0 Å². The van der Waals surface area contributed by atoms with Crippen LogP contribution in [-0.2, 0) is 9.59 Å². The average molecular weight is 368 g/mol. The maximum Gasteiger partial charge on any atom is 0.260 e. The van der Waals surface area contributed by atoms with Crippen LogP contribution in [0.3, 0.4) is 0 Å². The number of H-pyrrole nitrogens is 1. The minimum absolute atomic E-state index is 0.0158. The Bertz CT molecular complexity index is 839. The molecule has 1 aromatic heterocycles. The van der Waals surface area contributed by atoms with Crippen molar-refractivity contribution in [3.63, 3.8) is 0 Å². The first-order chi connectivity index (χ1) is 13.1. The predicted molar refractivity (Wildman–Crippen MR) is 101 cm³/mol. The highest BCUT2D eigenvalue weighted by Gasteiger charge is 2.30. The van der Waals surface area contributed by atoms with Crippen LogP contribution >= 0.6 is 0 Å². The van der Waals surface area contributed by atoms with Crippen molar-refractivity contribution < 1.29 is 14.3 Å². The maximum absolute atomic E-state index is 12.5. The Morgan fingerprint density at radius 1 is 1.26 bits per heavy atom. The lowest BCUT2D eigenvalue weighted by Gasteiger charge is -2.30. The number of aromatic amines is 1. The van der Waals surface area contributed by atoms with E-state index >= 15 is 0 Å². The molecule has 142 valence electrons. The highest BCUT2D eigenvalue weighted by Crippen LogP contribution is 2.39. The number of para-hydroxylation sites is 1. The van der Waals surface area contributed by atoms with Gasteiger partial charge in [-0.25, -0.2) is 0 Å². The van der Waals surface area contributed by atoms with Crippen LogP contribution in [-0.4, -0.2) is 46.6 Å². The number of carbonyl (C=O) groups excluding carboxylic acids is 2. The molecule has 2 aromatic rings. The van der Waals surface area contributed by atoms with Gasteiger partial charge in [-0.3, -0.25) is 14.7 Å². The Morgan fingerprint density at radius 2 is 2.04 bits per heavy atom. The van der Waals surface area contributed by atoms with Crippen molar-refractivity contribution in [1.29, 1.82) is 0 Å². The van der Waals surface area contributed by atoms with Crippen LogP contribution in [0.25, 0.3) is 0 Å². The SMILES string of the molecule is CC1CCN(C(=O)COc2ccccc2C2CC(=O)Nc3[nH]ncc32)CC1. The number of likely N-dealkylation sites (tertiary alicyclic amines) is 1. The minimum Gasteiger partial charge on any atom is -0.483 e. The van der Waals surface area contributed by atoms with Gasteiger partial charge in [0.2, 0.25) is 5.91 Å². The van der Waals surface area contributed by atoms with Gasteiger partial charge in [0.1, 0.15) is 11.6 Å². The normalized spacial score (nSPS) is 20.1. The number of rotatable bonds is 4. The number of anilines is 1. The van der Waals surface area contributed by atoms with Crippen LogP contribution in [0, 0.1) is 5.92 Å². The second-order valence-electron chi connectivity index (χ2n) is 7.40. The molecular weight excluding hydrogens is 344 g/mol. The number of nitrogens with one attached hydrogen (secondary N) is 2. The molecule has 1 atom stereocenters. The Hall–Kier alpha value is -2.83. The van der Waals surface area contributed by atoms with Crippen molar-refractivity contribution in [2.75, 3.05) is 25.0 Å². The fourth-order valence-electron chi connectivity index (χ4n) is 3.81. The molecule has 27 heavy (non-hydrogen) atoms. The van der Waals surface area contributed by atoms with Crippen molar-refractivity contribution in [1.82, 2.24) is 15.1 Å². The van der Waals surface area contributed by atoms with E-state index in [0.717, 1.165) is 37.1 Å². The van der Waals surface area contributed by atoms with E-state index in [-0.39, 0.29) is 24.3 Å². The van der Waals surface area contributed by atoms with Gasteiger partial charge in [-0.1, -0.05) is 25.1 Å². The molecule has 1 unspecified atom stereocenters. The first-order valence-electron chi connectivity index (χ1n) is 9.44. The molecule has 0 bridgehead atoms. The molecule has 7 nitrogen and oxygen atoms in total. The summed E-state index contributed by atoms with van der Waals surface area (Å²) >= 11 is 0. The van der Waals surface area contributed by atoms with Crippen LogP contribution in [0.5, 0.6) is 5.75 Å². The van der Waals surface area contributed by atoms with Gasteiger partial charge in [0.25, 0.3) is 5.91 Å². The van der Waals surface area contributed by atoms with Gasteiger partial charge in [0.05, 0.1) is 6.20 Å². The standard InChI is InChI=1S/C20H24N4O3/c1-13-6-8-24(9-7-13)19(26)12-27-17-5-3-2-4-14(17)15-10-18(25)22-20-16(15)11-21-23-20/h2-5,11,13,15H,6-10,12H2,1H3,(H2,21,22,23,25). The number of aromatic nitrogens is 2. The molecule has 0 radical (unpaired) electrons. The van der Waals surface area contributed by atoms with Crippen molar-refractivity contribution in [2.24, 2.45) is 5.92 Å². The lowest BCUT2D eigenvalue weighted by atomic mass is 9.87. The lowest BCUT2D eigenvalue weighted by Crippen LogP contribution is -2.40. The molecule has 2 N–H and O–H groups in total. The van der Waals surface area contributed by atoms with E-state index < -0.39 is 0 Å². The molecule has 3 heterocycles. The number of nitrogens with zero attached hydrogens (tertiary/aromatic N) is 2. The lowest BCUT2D eigenvalue weighted by molar-refractivity contribution is -0.134. The predicted octanol–water partition coefficient (Wildman–Crippen LogP) is 2.52. The molecule has 0 aliphatic carbocycles. The number of benzene rings is 1. The third kappa shape index (κ3) is 3.67. The monoisotopic (exact) mass is 368 g/mol. The molecule has 0 spiro atoms. The summed E-state index contributed by atoms with van der Waals surface area (Å²) in [6, 6.07) is 7.60. The van der Waals surface area contributed by atoms with Crippen LogP contribution < -0.4 is 10.1 Å². The second kappa shape index (κ2) is 7.42. The topological polar surface area (TPSA) is 87.3 Å². The fraction of sp³-hybridized carbons (Fsp3) is 0.450. The van der Waals surface area contributed by atoms with Crippen molar-refractivity contribution in [3.05, 3.63) is 41.6 Å².